The number of benzene rings is 4. The third kappa shape index (κ3) is 6.16. The molecule has 2 aliphatic heterocycles. The van der Waals surface area contributed by atoms with Gasteiger partial charge in [0.15, 0.2) is 0 Å². The smallest absolute Gasteiger partial charge is 0.116 e. The molecule has 2 heterocycles. The molecule has 0 aliphatic carbocycles. The van der Waals surface area contributed by atoms with Crippen molar-refractivity contribution in [3.8, 4) is 0 Å². The summed E-state index contributed by atoms with van der Waals surface area (Å²) in [6.07, 6.45) is 0. The van der Waals surface area contributed by atoms with Crippen molar-refractivity contribution in [2.45, 2.75) is 115 Å². The summed E-state index contributed by atoms with van der Waals surface area (Å²) in [4.78, 5) is 7.64. The van der Waals surface area contributed by atoms with Crippen LogP contribution in [0.4, 0.5) is 22.7 Å². The quantitative estimate of drug-likeness (QED) is 0.214. The van der Waals surface area contributed by atoms with E-state index < -0.39 is 0 Å². The van der Waals surface area contributed by atoms with Crippen molar-refractivity contribution in [2.75, 3.05) is 9.80 Å². The monoisotopic (exact) mass is 646 g/mol. The Labute approximate surface area is 286 Å². The van der Waals surface area contributed by atoms with Gasteiger partial charge in [0, 0.05) is 21.2 Å². The van der Waals surface area contributed by atoms with E-state index in [2.05, 4.69) is 178 Å². The molecule has 0 saturated heterocycles. The van der Waals surface area contributed by atoms with Gasteiger partial charge in [-0.2, -0.15) is 0 Å². The lowest BCUT2D eigenvalue weighted by Crippen LogP contribution is -2.22. The fourth-order valence-electron chi connectivity index (χ4n) is 5.98. The molecule has 0 spiro atoms. The summed E-state index contributed by atoms with van der Waals surface area (Å²) in [7, 11) is 0. The van der Waals surface area contributed by atoms with Crippen molar-refractivity contribution in [3.63, 3.8) is 0 Å². The second-order valence-corrected chi connectivity index (χ2v) is 19.0. The summed E-state index contributed by atoms with van der Waals surface area (Å²) in [6, 6.07) is 32.3. The number of nitrogens with zero attached hydrogens (tertiary/aromatic N) is 2. The molecule has 4 aromatic carbocycles. The van der Waals surface area contributed by atoms with Crippen molar-refractivity contribution in [2.24, 2.45) is 0 Å². The maximum Gasteiger partial charge on any atom is 0.116 e. The Morgan fingerprint density at radius 2 is 0.674 bits per heavy atom. The first-order valence-corrected chi connectivity index (χ1v) is 18.2. The molecule has 0 saturated carbocycles. The average Bonchev–Trinajstić information content (AvgIpc) is 3.54. The van der Waals surface area contributed by atoms with Crippen LogP contribution in [0.2, 0.25) is 0 Å². The molecule has 0 radical (unpaired) electrons. The molecule has 0 atom stereocenters. The molecular weight excluding hydrogens is 597 g/mol. The van der Waals surface area contributed by atoms with E-state index in [0.717, 1.165) is 0 Å². The number of fused-ring (bicyclic) bond motifs is 2. The first-order valence-electron chi connectivity index (χ1n) is 16.5. The third-order valence-electron chi connectivity index (χ3n) is 9.03. The normalized spacial score (nSPS) is 17.0. The molecule has 2 aliphatic rings. The molecule has 4 heteroatoms. The van der Waals surface area contributed by atoms with E-state index in [1.165, 1.54) is 64.9 Å². The largest absolute Gasteiger partial charge is 0.301 e. The van der Waals surface area contributed by atoms with Gasteiger partial charge in [0.25, 0.3) is 0 Å². The molecule has 0 amide bonds. The minimum Gasteiger partial charge on any atom is -0.301 e. The zero-order chi connectivity index (χ0) is 33.4. The number of para-hydroxylation sites is 2. The van der Waals surface area contributed by atoms with E-state index in [-0.39, 0.29) is 21.7 Å². The van der Waals surface area contributed by atoms with Gasteiger partial charge in [0.2, 0.25) is 0 Å². The fraction of sp³-hybridized carbons (Fsp3) is 0.381. The molecule has 4 aromatic rings. The first kappa shape index (κ1) is 32.8. The predicted molar refractivity (Wildman–Crippen MR) is 204 cm³/mol. The van der Waals surface area contributed by atoms with E-state index in [9.17, 15) is 0 Å². The zero-order valence-corrected chi connectivity index (χ0v) is 31.4. The lowest BCUT2D eigenvalue weighted by atomic mass is 9.80. The standard InChI is InChI=1S/C42H50N2S2/c1-39(2,3)27-21-28(40(4,5)6)24-31(23-27)43-33-17-13-15-19-35(33)45-37(43)38-44(34-18-14-16-20-36(34)46-38)32-25-29(41(7,8)9)22-30(26-32)42(10,11)12/h13-26H,1-12H3/b38-37+. The van der Waals surface area contributed by atoms with E-state index in [1.54, 1.807) is 0 Å². The van der Waals surface area contributed by atoms with E-state index in [4.69, 9.17) is 0 Å². The molecule has 46 heavy (non-hydrogen) atoms. The van der Waals surface area contributed by atoms with Gasteiger partial charge in [-0.25, -0.2) is 0 Å². The molecule has 0 bridgehead atoms. The Morgan fingerprint density at radius 3 is 0.957 bits per heavy atom. The van der Waals surface area contributed by atoms with Gasteiger partial charge in [-0.1, -0.05) is 143 Å². The van der Waals surface area contributed by atoms with Crippen LogP contribution in [0.1, 0.15) is 105 Å². The number of rotatable bonds is 2. The van der Waals surface area contributed by atoms with Crippen LogP contribution in [0, 0.1) is 0 Å². The SMILES string of the molecule is CC(C)(C)c1cc(N2/C(=C3\Sc4ccccc4N3c3cc(C(C)(C)C)cc(C(C)(C)C)c3)Sc3ccccc32)cc(C(C)(C)C)c1. The summed E-state index contributed by atoms with van der Waals surface area (Å²) in [5.41, 5.74) is 10.5. The van der Waals surface area contributed by atoms with Crippen LogP contribution in [-0.2, 0) is 21.7 Å². The van der Waals surface area contributed by atoms with Crippen LogP contribution in [0.15, 0.2) is 105 Å². The summed E-state index contributed by atoms with van der Waals surface area (Å²) in [5, 5.41) is 2.51. The average molecular weight is 647 g/mol. The van der Waals surface area contributed by atoms with Crippen molar-refractivity contribution >= 4 is 46.3 Å². The topological polar surface area (TPSA) is 6.48 Å². The van der Waals surface area contributed by atoms with Crippen molar-refractivity contribution in [1.29, 1.82) is 0 Å². The van der Waals surface area contributed by atoms with Gasteiger partial charge in [-0.05, 0) is 92.4 Å². The number of hydrogen-bond acceptors (Lipinski definition) is 4. The van der Waals surface area contributed by atoms with Crippen molar-refractivity contribution in [1.82, 2.24) is 0 Å². The maximum atomic E-state index is 2.53. The van der Waals surface area contributed by atoms with E-state index in [1.807, 2.05) is 23.5 Å². The van der Waals surface area contributed by atoms with Crippen LogP contribution in [-0.4, -0.2) is 0 Å². The highest BCUT2D eigenvalue weighted by Gasteiger charge is 2.38. The highest BCUT2D eigenvalue weighted by molar-refractivity contribution is 8.07. The van der Waals surface area contributed by atoms with Crippen LogP contribution >= 0.6 is 23.5 Å². The number of thioether (sulfide) groups is 2. The maximum absolute atomic E-state index is 2.53. The molecular formula is C42H50N2S2. The minimum atomic E-state index is 0.0246. The predicted octanol–water partition coefficient (Wildman–Crippen LogP) is 13.2. The Morgan fingerprint density at radius 1 is 0.391 bits per heavy atom. The Kier molecular flexibility index (Phi) is 8.05. The highest BCUT2D eigenvalue weighted by Crippen LogP contribution is 2.59. The summed E-state index contributed by atoms with van der Waals surface area (Å²) in [6.45, 7) is 27.9. The van der Waals surface area contributed by atoms with Gasteiger partial charge < -0.3 is 9.80 Å². The molecule has 6 rings (SSSR count). The Balaban J connectivity index is 1.65. The molecule has 2 nitrogen and oxygen atoms in total. The lowest BCUT2D eigenvalue weighted by Gasteiger charge is -2.32. The second kappa shape index (κ2) is 11.3. The van der Waals surface area contributed by atoms with E-state index >= 15 is 0 Å². The molecule has 240 valence electrons. The zero-order valence-electron chi connectivity index (χ0n) is 29.8. The summed E-state index contributed by atoms with van der Waals surface area (Å²) >= 11 is 3.79. The Bertz CT molecular complexity index is 1640. The number of hydrogen-bond donors (Lipinski definition) is 0. The van der Waals surface area contributed by atoms with Gasteiger partial charge in [-0.15, -0.1) is 0 Å². The molecule has 0 N–H and O–H groups in total. The van der Waals surface area contributed by atoms with Gasteiger partial charge >= 0.3 is 0 Å². The third-order valence-corrected chi connectivity index (χ3v) is 11.4. The van der Waals surface area contributed by atoms with Crippen LogP contribution in [0.25, 0.3) is 0 Å². The van der Waals surface area contributed by atoms with Crippen molar-refractivity contribution < 1.29 is 0 Å². The van der Waals surface area contributed by atoms with Crippen LogP contribution in [0.3, 0.4) is 0 Å². The summed E-state index contributed by atoms with van der Waals surface area (Å²) in [5.74, 6) is 0. The highest BCUT2D eigenvalue weighted by atomic mass is 32.2. The lowest BCUT2D eigenvalue weighted by molar-refractivity contribution is 0.568. The van der Waals surface area contributed by atoms with Crippen LogP contribution < -0.4 is 9.80 Å². The van der Waals surface area contributed by atoms with Gasteiger partial charge in [-0.3, -0.25) is 0 Å². The first-order chi connectivity index (χ1) is 21.3. The fourth-order valence-corrected chi connectivity index (χ4v) is 8.41. The van der Waals surface area contributed by atoms with Crippen LogP contribution in [0.5, 0.6) is 0 Å². The van der Waals surface area contributed by atoms with E-state index in [0.29, 0.717) is 0 Å². The number of anilines is 4. The summed E-state index contributed by atoms with van der Waals surface area (Å²) < 4.78 is 0. The molecule has 0 fully saturated rings. The Hall–Kier alpha value is -3.08. The van der Waals surface area contributed by atoms with Gasteiger partial charge in [0.05, 0.1) is 11.4 Å². The molecule has 0 aromatic heterocycles. The molecule has 0 unspecified atom stereocenters. The van der Waals surface area contributed by atoms with Gasteiger partial charge in [0.1, 0.15) is 10.1 Å². The van der Waals surface area contributed by atoms with Crippen molar-refractivity contribution in [3.05, 3.63) is 117 Å². The second-order valence-electron chi connectivity index (χ2n) is 17.0. The minimum absolute atomic E-state index is 0.0246.